The number of hydrogen-bond acceptors (Lipinski definition) is 2. The Bertz CT molecular complexity index is 350. The first-order chi connectivity index (χ1) is 7.09. The van der Waals surface area contributed by atoms with Crippen LogP contribution in [0.1, 0.15) is 19.4 Å². The third kappa shape index (κ3) is 4.06. The van der Waals surface area contributed by atoms with E-state index in [0.717, 1.165) is 6.07 Å². The van der Waals surface area contributed by atoms with E-state index in [1.54, 1.807) is 6.21 Å². The van der Waals surface area contributed by atoms with Crippen molar-refractivity contribution < 1.29 is 13.6 Å². The normalized spacial score (nSPS) is 11.3. The summed E-state index contributed by atoms with van der Waals surface area (Å²) >= 11 is 0. The molecule has 15 heavy (non-hydrogen) atoms. The third-order valence-corrected chi connectivity index (χ3v) is 1.67. The van der Waals surface area contributed by atoms with Crippen LogP contribution >= 0.6 is 0 Å². The molecule has 0 saturated carbocycles. The molecule has 0 spiro atoms. The van der Waals surface area contributed by atoms with E-state index in [1.807, 2.05) is 13.8 Å². The van der Waals surface area contributed by atoms with Gasteiger partial charge in [0.15, 0.2) is 0 Å². The van der Waals surface area contributed by atoms with Crippen LogP contribution in [-0.2, 0) is 11.4 Å². The Morgan fingerprint density at radius 1 is 1.40 bits per heavy atom. The lowest BCUT2D eigenvalue weighted by Crippen LogP contribution is -1.94. The van der Waals surface area contributed by atoms with Crippen molar-refractivity contribution in [3.8, 4) is 0 Å². The Morgan fingerprint density at radius 2 is 2.13 bits per heavy atom. The lowest BCUT2D eigenvalue weighted by Gasteiger charge is -2.01. The summed E-state index contributed by atoms with van der Waals surface area (Å²) in [5.41, 5.74) is 0.289. The molecule has 0 fully saturated rings. The molecule has 2 nitrogen and oxygen atoms in total. The Kier molecular flexibility index (Phi) is 4.21. The molecule has 0 aliphatic rings. The van der Waals surface area contributed by atoms with Gasteiger partial charge in [0, 0.05) is 17.8 Å². The Hall–Kier alpha value is -1.45. The van der Waals surface area contributed by atoms with Gasteiger partial charge in [-0.15, -0.1) is 0 Å². The van der Waals surface area contributed by atoms with E-state index >= 15 is 0 Å². The van der Waals surface area contributed by atoms with E-state index in [2.05, 4.69) is 5.16 Å². The van der Waals surface area contributed by atoms with Crippen LogP contribution in [-0.4, -0.2) is 6.21 Å². The Morgan fingerprint density at radius 3 is 2.73 bits per heavy atom. The summed E-state index contributed by atoms with van der Waals surface area (Å²) in [4.78, 5) is 4.86. The molecule has 0 aromatic heterocycles. The van der Waals surface area contributed by atoms with Gasteiger partial charge in [-0.25, -0.2) is 8.78 Å². The van der Waals surface area contributed by atoms with Crippen molar-refractivity contribution in [2.45, 2.75) is 20.5 Å². The number of rotatable bonds is 4. The van der Waals surface area contributed by atoms with Crippen molar-refractivity contribution in [1.29, 1.82) is 0 Å². The first kappa shape index (κ1) is 11.6. The van der Waals surface area contributed by atoms with Crippen LogP contribution < -0.4 is 0 Å². The molecule has 0 radical (unpaired) electrons. The van der Waals surface area contributed by atoms with Gasteiger partial charge in [-0.2, -0.15) is 0 Å². The summed E-state index contributed by atoms with van der Waals surface area (Å²) in [6.07, 6.45) is 1.61. The highest BCUT2D eigenvalue weighted by atomic mass is 19.1. The summed E-state index contributed by atoms with van der Waals surface area (Å²) in [6.45, 7) is 3.91. The summed E-state index contributed by atoms with van der Waals surface area (Å²) < 4.78 is 25.6. The van der Waals surface area contributed by atoms with E-state index in [-0.39, 0.29) is 18.1 Å². The Labute approximate surface area is 87.6 Å². The second kappa shape index (κ2) is 5.44. The van der Waals surface area contributed by atoms with Crippen LogP contribution in [0.4, 0.5) is 8.78 Å². The molecule has 1 aromatic carbocycles. The zero-order chi connectivity index (χ0) is 11.3. The van der Waals surface area contributed by atoms with Gasteiger partial charge in [0.1, 0.15) is 18.2 Å². The molecule has 4 heteroatoms. The third-order valence-electron chi connectivity index (χ3n) is 1.67. The fourth-order valence-electron chi connectivity index (χ4n) is 0.910. The molecule has 0 saturated heterocycles. The number of nitrogens with zero attached hydrogens (tertiary/aromatic N) is 1. The zero-order valence-electron chi connectivity index (χ0n) is 8.71. The minimum absolute atomic E-state index is 0.00926. The maximum atomic E-state index is 13.1. The lowest BCUT2D eigenvalue weighted by atomic mass is 10.2. The van der Waals surface area contributed by atoms with Gasteiger partial charge in [0.2, 0.25) is 0 Å². The van der Waals surface area contributed by atoms with E-state index < -0.39 is 11.6 Å². The van der Waals surface area contributed by atoms with E-state index in [0.29, 0.717) is 0 Å². The fourth-order valence-corrected chi connectivity index (χ4v) is 0.910. The number of hydrogen-bond donors (Lipinski definition) is 0. The van der Waals surface area contributed by atoms with Crippen molar-refractivity contribution in [1.82, 2.24) is 0 Å². The van der Waals surface area contributed by atoms with Crippen LogP contribution in [0.3, 0.4) is 0 Å². The molecular weight excluding hydrogens is 200 g/mol. The maximum Gasteiger partial charge on any atom is 0.145 e. The second-order valence-electron chi connectivity index (χ2n) is 3.51. The van der Waals surface area contributed by atoms with Crippen LogP contribution in [0.2, 0.25) is 0 Å². The van der Waals surface area contributed by atoms with Gasteiger partial charge >= 0.3 is 0 Å². The minimum Gasteiger partial charge on any atom is -0.391 e. The van der Waals surface area contributed by atoms with E-state index in [9.17, 15) is 8.78 Å². The largest absolute Gasteiger partial charge is 0.391 e. The van der Waals surface area contributed by atoms with Gasteiger partial charge in [-0.05, 0) is 18.1 Å². The Balaban J connectivity index is 2.51. The summed E-state index contributed by atoms with van der Waals surface area (Å²) in [5, 5.41) is 3.64. The predicted molar refractivity (Wildman–Crippen MR) is 54.5 cm³/mol. The topological polar surface area (TPSA) is 21.6 Å². The summed E-state index contributed by atoms with van der Waals surface area (Å²) in [6, 6.07) is 3.36. The average molecular weight is 213 g/mol. The average Bonchev–Trinajstić information content (AvgIpc) is 2.14. The van der Waals surface area contributed by atoms with Gasteiger partial charge < -0.3 is 4.84 Å². The minimum atomic E-state index is -0.616. The quantitative estimate of drug-likeness (QED) is 0.556. The van der Waals surface area contributed by atoms with E-state index in [4.69, 9.17) is 4.84 Å². The first-order valence-corrected chi connectivity index (χ1v) is 4.69. The van der Waals surface area contributed by atoms with Crippen molar-refractivity contribution in [3.05, 3.63) is 35.4 Å². The highest BCUT2D eigenvalue weighted by Gasteiger charge is 2.03. The predicted octanol–water partition coefficient (Wildman–Crippen LogP) is 3.12. The number of halogens is 2. The van der Waals surface area contributed by atoms with Gasteiger partial charge in [0.25, 0.3) is 0 Å². The molecule has 0 aliphatic carbocycles. The van der Waals surface area contributed by atoms with Crippen LogP contribution in [0, 0.1) is 17.6 Å². The highest BCUT2D eigenvalue weighted by Crippen LogP contribution is 2.10. The van der Waals surface area contributed by atoms with Crippen molar-refractivity contribution in [3.63, 3.8) is 0 Å². The molecular formula is C11H13F2NO. The molecule has 0 unspecified atom stereocenters. The molecule has 0 atom stereocenters. The maximum absolute atomic E-state index is 13.1. The zero-order valence-corrected chi connectivity index (χ0v) is 8.71. The number of oxime groups is 1. The van der Waals surface area contributed by atoms with Gasteiger partial charge in [0.05, 0.1) is 0 Å². The fraction of sp³-hybridized carbons (Fsp3) is 0.364. The van der Waals surface area contributed by atoms with Crippen LogP contribution in [0.5, 0.6) is 0 Å². The summed E-state index contributed by atoms with van der Waals surface area (Å²) in [5.74, 6) is -0.931. The molecule has 1 aromatic rings. The molecule has 0 N–H and O–H groups in total. The molecule has 0 bridgehead atoms. The van der Waals surface area contributed by atoms with Crippen LogP contribution in [0.25, 0.3) is 0 Å². The molecule has 0 aliphatic heterocycles. The molecule has 0 amide bonds. The first-order valence-electron chi connectivity index (χ1n) is 4.69. The van der Waals surface area contributed by atoms with Crippen LogP contribution in [0.15, 0.2) is 23.4 Å². The number of benzene rings is 1. The summed E-state index contributed by atoms with van der Waals surface area (Å²) in [7, 11) is 0. The van der Waals surface area contributed by atoms with Crippen molar-refractivity contribution >= 4 is 6.21 Å². The van der Waals surface area contributed by atoms with Gasteiger partial charge in [-0.1, -0.05) is 19.0 Å². The molecule has 1 rings (SSSR count). The van der Waals surface area contributed by atoms with Crippen molar-refractivity contribution in [2.75, 3.05) is 0 Å². The smallest absolute Gasteiger partial charge is 0.145 e. The van der Waals surface area contributed by atoms with E-state index in [1.165, 1.54) is 12.1 Å². The standard InChI is InChI=1S/C11H13F2NO/c1-8(2)6-14-15-7-9-3-4-10(12)5-11(9)13/h3-6,8H,7H2,1-2H3. The molecule has 82 valence electrons. The SMILES string of the molecule is CC(C)C=NOCc1ccc(F)cc1F. The van der Waals surface area contributed by atoms with Crippen molar-refractivity contribution in [2.24, 2.45) is 11.1 Å². The second-order valence-corrected chi connectivity index (χ2v) is 3.51. The highest BCUT2D eigenvalue weighted by molar-refractivity contribution is 5.58. The lowest BCUT2D eigenvalue weighted by molar-refractivity contribution is 0.128. The monoisotopic (exact) mass is 213 g/mol. The molecule has 0 heterocycles. The van der Waals surface area contributed by atoms with Gasteiger partial charge in [-0.3, -0.25) is 0 Å².